The van der Waals surface area contributed by atoms with Gasteiger partial charge in [-0.05, 0) is 19.3 Å². The van der Waals surface area contributed by atoms with Crippen LogP contribution in [0.2, 0.25) is 39.3 Å². The molecule has 0 aromatic rings. The molecule has 0 aromatic carbocycles. The minimum Gasteiger partial charge on any atom is -0.131 e. The molecule has 0 aromatic heterocycles. The fraction of sp³-hybridized carbons (Fsp3) is 0.733. The first-order valence-corrected chi connectivity index (χ1v) is 13.6. The highest BCUT2D eigenvalue weighted by Crippen LogP contribution is 2.72. The van der Waals surface area contributed by atoms with Crippen LogP contribution in [0, 0.1) is 33.8 Å². The van der Waals surface area contributed by atoms with Gasteiger partial charge in [0.1, 0.15) is 16.1 Å². The summed E-state index contributed by atoms with van der Waals surface area (Å²) < 4.78 is 0. The molecule has 0 unspecified atom stereocenters. The summed E-state index contributed by atoms with van der Waals surface area (Å²) in [5, 5.41) is 0. The van der Waals surface area contributed by atoms with E-state index < -0.39 is 16.1 Å². The highest BCUT2D eigenvalue weighted by atomic mass is 28.3. The lowest BCUT2D eigenvalue weighted by Gasteiger charge is -2.66. The summed E-state index contributed by atoms with van der Waals surface area (Å²) >= 11 is 0. The second-order valence-corrected chi connectivity index (χ2v) is 17.6. The van der Waals surface area contributed by atoms with Crippen molar-refractivity contribution in [3.8, 4) is 22.9 Å². The molecule has 17 heavy (non-hydrogen) atoms. The van der Waals surface area contributed by atoms with Gasteiger partial charge in [-0.3, -0.25) is 0 Å². The van der Waals surface area contributed by atoms with Gasteiger partial charge in [-0.15, -0.1) is 22.9 Å². The van der Waals surface area contributed by atoms with Crippen molar-refractivity contribution >= 4 is 16.1 Å². The zero-order chi connectivity index (χ0) is 12.9. The Labute approximate surface area is 109 Å². The molecule has 0 nitrogen and oxygen atoms in total. The predicted octanol–water partition coefficient (Wildman–Crippen LogP) is 3.92. The Morgan fingerprint density at radius 2 is 0.941 bits per heavy atom. The minimum absolute atomic E-state index is 0.397. The molecule has 3 saturated carbocycles. The van der Waals surface area contributed by atoms with E-state index in [0.717, 1.165) is 0 Å². The van der Waals surface area contributed by atoms with E-state index in [0.29, 0.717) is 10.8 Å². The van der Waals surface area contributed by atoms with Gasteiger partial charge < -0.3 is 0 Å². The molecule has 3 fully saturated rings. The SMILES string of the molecule is C[Si](C)(C)C#CC12CC(C#C[Si](C)(C)C)(C1)C2. The lowest BCUT2D eigenvalue weighted by atomic mass is 9.36. The topological polar surface area (TPSA) is 0 Å². The Kier molecular flexibility index (Phi) is 2.70. The summed E-state index contributed by atoms with van der Waals surface area (Å²) in [4.78, 5) is 0. The normalized spacial score (nSPS) is 34.5. The Hall–Kier alpha value is -0.446. The third-order valence-electron chi connectivity index (χ3n) is 3.44. The monoisotopic (exact) mass is 260 g/mol. The molecule has 0 N–H and O–H groups in total. The molecule has 0 aliphatic heterocycles. The lowest BCUT2D eigenvalue weighted by molar-refractivity contribution is -0.113. The van der Waals surface area contributed by atoms with Crippen LogP contribution in [0.15, 0.2) is 0 Å². The molecule has 0 saturated heterocycles. The van der Waals surface area contributed by atoms with Crippen LogP contribution < -0.4 is 0 Å². The summed E-state index contributed by atoms with van der Waals surface area (Å²) in [6.07, 6.45) is 3.78. The molecule has 0 heterocycles. The number of rotatable bonds is 0. The van der Waals surface area contributed by atoms with Gasteiger partial charge in [0.25, 0.3) is 0 Å². The zero-order valence-electron chi connectivity index (χ0n) is 12.1. The van der Waals surface area contributed by atoms with Crippen molar-refractivity contribution in [1.29, 1.82) is 0 Å². The molecule has 92 valence electrons. The van der Waals surface area contributed by atoms with Crippen molar-refractivity contribution in [2.45, 2.75) is 58.5 Å². The highest BCUT2D eigenvalue weighted by molar-refractivity contribution is 6.84. The summed E-state index contributed by atoms with van der Waals surface area (Å²) in [5.41, 5.74) is 7.88. The second-order valence-electron chi connectivity index (χ2n) is 8.09. The third-order valence-corrected chi connectivity index (χ3v) is 5.19. The van der Waals surface area contributed by atoms with Crippen molar-refractivity contribution in [2.75, 3.05) is 0 Å². The van der Waals surface area contributed by atoms with Crippen molar-refractivity contribution in [3.63, 3.8) is 0 Å². The first-order chi connectivity index (χ1) is 7.54. The van der Waals surface area contributed by atoms with E-state index >= 15 is 0 Å². The van der Waals surface area contributed by atoms with Crippen molar-refractivity contribution in [2.24, 2.45) is 10.8 Å². The summed E-state index contributed by atoms with van der Waals surface area (Å²) in [6.45, 7) is 14.0. The van der Waals surface area contributed by atoms with Crippen LogP contribution in [0.25, 0.3) is 0 Å². The number of hydrogen-bond donors (Lipinski definition) is 0. The molecule has 3 aliphatic rings. The molecule has 2 bridgehead atoms. The van der Waals surface area contributed by atoms with Crippen LogP contribution in [0.3, 0.4) is 0 Å². The van der Waals surface area contributed by atoms with Crippen LogP contribution in [-0.4, -0.2) is 16.1 Å². The van der Waals surface area contributed by atoms with Gasteiger partial charge in [0, 0.05) is 10.8 Å². The van der Waals surface area contributed by atoms with E-state index in [1.165, 1.54) is 19.3 Å². The second kappa shape index (κ2) is 3.53. The molecule has 0 atom stereocenters. The van der Waals surface area contributed by atoms with Gasteiger partial charge >= 0.3 is 0 Å². The lowest BCUT2D eigenvalue weighted by Crippen LogP contribution is -2.60. The summed E-state index contributed by atoms with van der Waals surface area (Å²) in [5.74, 6) is 7.16. The molecule has 0 amide bonds. The van der Waals surface area contributed by atoms with Gasteiger partial charge in [-0.25, -0.2) is 0 Å². The molecule has 0 spiro atoms. The largest absolute Gasteiger partial charge is 0.131 e. The highest BCUT2D eigenvalue weighted by Gasteiger charge is 2.66. The maximum atomic E-state index is 3.58. The summed E-state index contributed by atoms with van der Waals surface area (Å²) in [7, 11) is -2.38. The van der Waals surface area contributed by atoms with E-state index in [1.54, 1.807) is 0 Å². The molecular weight excluding hydrogens is 236 g/mol. The Balaban J connectivity index is 1.97. The Morgan fingerprint density at radius 3 is 1.18 bits per heavy atom. The standard InChI is InChI=1S/C15H24Si2/c1-16(2,3)9-7-14-11-15(12-14,13-14)8-10-17(4,5)6/h11-13H2,1-6H3. The van der Waals surface area contributed by atoms with Gasteiger partial charge in [0.05, 0.1) is 0 Å². The van der Waals surface area contributed by atoms with Crippen LogP contribution in [-0.2, 0) is 0 Å². The summed E-state index contributed by atoms with van der Waals surface area (Å²) in [6, 6.07) is 0. The van der Waals surface area contributed by atoms with Gasteiger partial charge in [0.2, 0.25) is 0 Å². The zero-order valence-corrected chi connectivity index (χ0v) is 14.1. The van der Waals surface area contributed by atoms with Crippen LogP contribution in [0.5, 0.6) is 0 Å². The van der Waals surface area contributed by atoms with E-state index in [2.05, 4.69) is 62.2 Å². The quantitative estimate of drug-likeness (QED) is 0.457. The average molecular weight is 261 g/mol. The van der Waals surface area contributed by atoms with Crippen LogP contribution in [0.1, 0.15) is 19.3 Å². The molecule has 3 aliphatic carbocycles. The fourth-order valence-corrected chi connectivity index (χ4v) is 3.97. The fourth-order valence-electron chi connectivity index (χ4n) is 2.69. The van der Waals surface area contributed by atoms with Crippen molar-refractivity contribution in [1.82, 2.24) is 0 Å². The minimum atomic E-state index is -1.19. The Bertz CT molecular complexity index is 390. The molecular formula is C15H24Si2. The van der Waals surface area contributed by atoms with Gasteiger partial charge in [0.15, 0.2) is 0 Å². The van der Waals surface area contributed by atoms with Crippen LogP contribution in [0.4, 0.5) is 0 Å². The smallest absolute Gasteiger partial charge is 0.129 e. The van der Waals surface area contributed by atoms with Crippen molar-refractivity contribution < 1.29 is 0 Å². The van der Waals surface area contributed by atoms with Gasteiger partial charge in [-0.2, -0.15) is 0 Å². The van der Waals surface area contributed by atoms with E-state index in [4.69, 9.17) is 0 Å². The predicted molar refractivity (Wildman–Crippen MR) is 81.0 cm³/mol. The van der Waals surface area contributed by atoms with Crippen LogP contribution >= 0.6 is 0 Å². The maximum absolute atomic E-state index is 3.58. The Morgan fingerprint density at radius 1 is 0.647 bits per heavy atom. The molecule has 3 rings (SSSR count). The first-order valence-electron chi connectivity index (χ1n) is 6.62. The first kappa shape index (κ1) is 13.0. The van der Waals surface area contributed by atoms with E-state index in [-0.39, 0.29) is 0 Å². The molecule has 2 heteroatoms. The van der Waals surface area contributed by atoms with Gasteiger partial charge in [-0.1, -0.05) is 39.3 Å². The number of hydrogen-bond acceptors (Lipinski definition) is 0. The van der Waals surface area contributed by atoms with E-state index in [1.807, 2.05) is 0 Å². The average Bonchev–Trinajstić information content (AvgIpc) is 1.93. The van der Waals surface area contributed by atoms with Crippen molar-refractivity contribution in [3.05, 3.63) is 0 Å². The molecule has 0 radical (unpaired) electrons. The third kappa shape index (κ3) is 2.87. The van der Waals surface area contributed by atoms with E-state index in [9.17, 15) is 0 Å². The maximum Gasteiger partial charge on any atom is 0.129 e.